The molecule has 2 rings (SSSR count). The van der Waals surface area contributed by atoms with Crippen LogP contribution in [-0.4, -0.2) is 66.0 Å². The molecular formula is C20H35N5O3. The summed E-state index contributed by atoms with van der Waals surface area (Å²) in [5.74, 6) is 0.858. The SMILES string of the molecule is CCNC(=NCCCCCCC(=O)OCC)N1CCOC(c2cnn(C)c2)C1. The molecule has 0 amide bonds. The van der Waals surface area contributed by atoms with Gasteiger partial charge in [0.15, 0.2) is 5.96 Å². The second-order valence-corrected chi connectivity index (χ2v) is 6.96. The van der Waals surface area contributed by atoms with Gasteiger partial charge in [-0.05, 0) is 26.7 Å². The van der Waals surface area contributed by atoms with Crippen molar-refractivity contribution in [2.24, 2.45) is 12.0 Å². The van der Waals surface area contributed by atoms with Crippen molar-refractivity contribution < 1.29 is 14.3 Å². The first-order valence-electron chi connectivity index (χ1n) is 10.4. The highest BCUT2D eigenvalue weighted by Crippen LogP contribution is 2.21. The molecule has 0 aromatic carbocycles. The Balaban J connectivity index is 1.75. The Labute approximate surface area is 168 Å². The summed E-state index contributed by atoms with van der Waals surface area (Å²) in [6.45, 7) is 8.31. The maximum Gasteiger partial charge on any atom is 0.305 e. The first-order valence-corrected chi connectivity index (χ1v) is 10.4. The number of rotatable bonds is 10. The number of unbranched alkanes of at least 4 members (excludes halogenated alkanes) is 3. The van der Waals surface area contributed by atoms with Crippen LogP contribution in [0.5, 0.6) is 0 Å². The molecule has 1 fully saturated rings. The van der Waals surface area contributed by atoms with Crippen LogP contribution in [-0.2, 0) is 21.3 Å². The number of nitrogens with zero attached hydrogens (tertiary/aromatic N) is 4. The summed E-state index contributed by atoms with van der Waals surface area (Å²) in [7, 11) is 1.92. The summed E-state index contributed by atoms with van der Waals surface area (Å²) in [5, 5.41) is 7.65. The summed E-state index contributed by atoms with van der Waals surface area (Å²) in [6.07, 6.45) is 8.43. The normalized spacial score (nSPS) is 17.6. The van der Waals surface area contributed by atoms with E-state index in [9.17, 15) is 4.79 Å². The smallest absolute Gasteiger partial charge is 0.305 e. The second-order valence-electron chi connectivity index (χ2n) is 6.96. The third kappa shape index (κ3) is 7.50. The van der Waals surface area contributed by atoms with Crippen LogP contribution in [0.25, 0.3) is 0 Å². The van der Waals surface area contributed by atoms with Crippen molar-refractivity contribution in [1.29, 1.82) is 0 Å². The lowest BCUT2D eigenvalue weighted by Gasteiger charge is -2.34. The van der Waals surface area contributed by atoms with E-state index < -0.39 is 0 Å². The molecule has 158 valence electrons. The Kier molecular flexibility index (Phi) is 9.82. The molecule has 1 saturated heterocycles. The van der Waals surface area contributed by atoms with Crippen molar-refractivity contribution in [2.45, 2.75) is 52.1 Å². The maximum absolute atomic E-state index is 11.3. The van der Waals surface area contributed by atoms with E-state index in [2.05, 4.69) is 22.2 Å². The van der Waals surface area contributed by atoms with E-state index in [1.165, 1.54) is 0 Å². The second kappa shape index (κ2) is 12.4. The van der Waals surface area contributed by atoms with Crippen molar-refractivity contribution in [2.75, 3.05) is 39.4 Å². The quantitative estimate of drug-likeness (QED) is 0.284. The Hall–Kier alpha value is -2.09. The average molecular weight is 394 g/mol. The zero-order valence-electron chi connectivity index (χ0n) is 17.5. The Bertz CT molecular complexity index is 617. The van der Waals surface area contributed by atoms with E-state index in [0.717, 1.165) is 63.4 Å². The van der Waals surface area contributed by atoms with Gasteiger partial charge >= 0.3 is 5.97 Å². The minimum atomic E-state index is -0.0922. The summed E-state index contributed by atoms with van der Waals surface area (Å²) >= 11 is 0. The fraction of sp³-hybridized carbons (Fsp3) is 0.750. The molecule has 2 heterocycles. The molecule has 1 aromatic rings. The fourth-order valence-electron chi connectivity index (χ4n) is 3.23. The van der Waals surface area contributed by atoms with Gasteiger partial charge in [0.05, 0.1) is 26.0 Å². The topological polar surface area (TPSA) is 81.0 Å². The van der Waals surface area contributed by atoms with Gasteiger partial charge < -0.3 is 19.7 Å². The van der Waals surface area contributed by atoms with Gasteiger partial charge in [-0.3, -0.25) is 14.5 Å². The van der Waals surface area contributed by atoms with Gasteiger partial charge in [0.2, 0.25) is 0 Å². The number of hydrogen-bond acceptors (Lipinski definition) is 5. The molecule has 0 radical (unpaired) electrons. The Morgan fingerprint density at radius 3 is 2.89 bits per heavy atom. The number of carbonyl (C=O) groups excluding carboxylic acids is 1. The summed E-state index contributed by atoms with van der Waals surface area (Å²) < 4.78 is 12.7. The van der Waals surface area contributed by atoms with E-state index in [1.807, 2.05) is 26.4 Å². The summed E-state index contributed by atoms with van der Waals surface area (Å²) in [5.41, 5.74) is 1.10. The first kappa shape index (κ1) is 22.2. The molecule has 1 aromatic heterocycles. The number of esters is 1. The van der Waals surface area contributed by atoms with Crippen molar-refractivity contribution in [1.82, 2.24) is 20.0 Å². The number of aryl methyl sites for hydroxylation is 1. The third-order valence-corrected chi connectivity index (χ3v) is 4.65. The van der Waals surface area contributed by atoms with E-state index in [0.29, 0.717) is 19.6 Å². The van der Waals surface area contributed by atoms with E-state index in [1.54, 1.807) is 4.68 Å². The minimum absolute atomic E-state index is 0.0224. The van der Waals surface area contributed by atoms with Gasteiger partial charge in [0, 0.05) is 44.9 Å². The van der Waals surface area contributed by atoms with E-state index in [4.69, 9.17) is 14.5 Å². The van der Waals surface area contributed by atoms with Crippen molar-refractivity contribution in [3.05, 3.63) is 18.0 Å². The van der Waals surface area contributed by atoms with Crippen LogP contribution in [0.1, 0.15) is 57.6 Å². The lowest BCUT2D eigenvalue weighted by atomic mass is 10.1. The van der Waals surface area contributed by atoms with Gasteiger partial charge in [-0.2, -0.15) is 5.10 Å². The summed E-state index contributed by atoms with van der Waals surface area (Å²) in [4.78, 5) is 18.4. The highest BCUT2D eigenvalue weighted by molar-refractivity contribution is 5.80. The highest BCUT2D eigenvalue weighted by atomic mass is 16.5. The predicted molar refractivity (Wildman–Crippen MR) is 109 cm³/mol. The molecule has 1 aliphatic heterocycles. The number of morpholine rings is 1. The Morgan fingerprint density at radius 1 is 1.36 bits per heavy atom. The lowest BCUT2D eigenvalue weighted by Crippen LogP contribution is -2.48. The molecule has 0 aliphatic carbocycles. The van der Waals surface area contributed by atoms with E-state index >= 15 is 0 Å². The van der Waals surface area contributed by atoms with Crippen LogP contribution >= 0.6 is 0 Å². The average Bonchev–Trinajstić information content (AvgIpc) is 3.13. The minimum Gasteiger partial charge on any atom is -0.466 e. The number of ether oxygens (including phenoxy) is 2. The van der Waals surface area contributed by atoms with Gasteiger partial charge in [0.1, 0.15) is 6.10 Å². The number of carbonyl (C=O) groups is 1. The van der Waals surface area contributed by atoms with Gasteiger partial charge in [0.25, 0.3) is 0 Å². The fourth-order valence-corrected chi connectivity index (χ4v) is 3.23. The molecular weight excluding hydrogens is 358 g/mol. The van der Waals surface area contributed by atoms with Gasteiger partial charge in [-0.15, -0.1) is 0 Å². The Morgan fingerprint density at radius 2 is 2.18 bits per heavy atom. The number of nitrogens with one attached hydrogen (secondary N) is 1. The molecule has 1 atom stereocenters. The molecule has 1 unspecified atom stereocenters. The molecule has 28 heavy (non-hydrogen) atoms. The van der Waals surface area contributed by atoms with Crippen LogP contribution < -0.4 is 5.32 Å². The number of guanidine groups is 1. The molecule has 8 heteroatoms. The summed E-state index contributed by atoms with van der Waals surface area (Å²) in [6, 6.07) is 0. The standard InChI is InChI=1S/C20H35N5O3/c1-4-21-20(22-11-9-7-6-8-10-19(26)27-5-2)25-12-13-28-18(16-25)17-14-23-24(3)15-17/h14-15,18H,4-13,16H2,1-3H3,(H,21,22). The third-order valence-electron chi connectivity index (χ3n) is 4.65. The van der Waals surface area contributed by atoms with Crippen LogP contribution in [0.15, 0.2) is 17.4 Å². The molecule has 0 bridgehead atoms. The predicted octanol–water partition coefficient (Wildman–Crippen LogP) is 2.27. The molecule has 1 aliphatic rings. The zero-order chi connectivity index (χ0) is 20.2. The van der Waals surface area contributed by atoms with E-state index in [-0.39, 0.29) is 12.1 Å². The van der Waals surface area contributed by atoms with Crippen molar-refractivity contribution in [3.63, 3.8) is 0 Å². The van der Waals surface area contributed by atoms with Crippen molar-refractivity contribution in [3.8, 4) is 0 Å². The number of aliphatic imine (C=N–C) groups is 1. The highest BCUT2D eigenvalue weighted by Gasteiger charge is 2.25. The maximum atomic E-state index is 11.3. The van der Waals surface area contributed by atoms with Gasteiger partial charge in [-0.25, -0.2) is 0 Å². The molecule has 0 saturated carbocycles. The monoisotopic (exact) mass is 393 g/mol. The van der Waals surface area contributed by atoms with Crippen LogP contribution in [0.4, 0.5) is 0 Å². The molecule has 8 nitrogen and oxygen atoms in total. The molecule has 1 N–H and O–H groups in total. The zero-order valence-corrected chi connectivity index (χ0v) is 17.5. The lowest BCUT2D eigenvalue weighted by molar-refractivity contribution is -0.143. The largest absolute Gasteiger partial charge is 0.466 e. The van der Waals surface area contributed by atoms with Gasteiger partial charge in [-0.1, -0.05) is 12.8 Å². The van der Waals surface area contributed by atoms with Crippen LogP contribution in [0, 0.1) is 0 Å². The number of hydrogen-bond donors (Lipinski definition) is 1. The molecule has 0 spiro atoms. The van der Waals surface area contributed by atoms with Crippen LogP contribution in [0.3, 0.4) is 0 Å². The first-order chi connectivity index (χ1) is 13.6. The van der Waals surface area contributed by atoms with Crippen LogP contribution in [0.2, 0.25) is 0 Å². The number of aromatic nitrogens is 2. The van der Waals surface area contributed by atoms with Crippen molar-refractivity contribution >= 4 is 11.9 Å².